The molecule has 1 aromatic heterocycles. The molecule has 0 spiro atoms. The van der Waals surface area contributed by atoms with Crippen molar-refractivity contribution >= 4 is 0 Å². The minimum absolute atomic E-state index is 0.0397. The molecule has 6 nitrogen and oxygen atoms in total. The summed E-state index contributed by atoms with van der Waals surface area (Å²) in [7, 11) is 1.64. The Bertz CT molecular complexity index is 567. The van der Waals surface area contributed by atoms with E-state index in [2.05, 4.69) is 15.5 Å². The first-order chi connectivity index (χ1) is 9.74. The number of ether oxygens (including phenoxy) is 1. The third kappa shape index (κ3) is 2.81. The maximum absolute atomic E-state index is 9.49. The van der Waals surface area contributed by atoms with E-state index in [0.29, 0.717) is 31.1 Å². The molecule has 2 N–H and O–H groups in total. The molecule has 2 atom stereocenters. The van der Waals surface area contributed by atoms with Crippen molar-refractivity contribution in [2.24, 2.45) is 0 Å². The van der Waals surface area contributed by atoms with Crippen LogP contribution in [0.3, 0.4) is 0 Å². The fourth-order valence-electron chi connectivity index (χ4n) is 2.31. The predicted octanol–water partition coefficient (Wildman–Crippen LogP) is 1.06. The van der Waals surface area contributed by atoms with E-state index in [1.807, 2.05) is 24.3 Å². The van der Waals surface area contributed by atoms with E-state index in [1.54, 1.807) is 7.11 Å². The monoisotopic (exact) mass is 275 g/mol. The molecule has 0 bridgehead atoms. The first-order valence-electron chi connectivity index (χ1n) is 6.61. The van der Waals surface area contributed by atoms with E-state index >= 15 is 0 Å². The minimum Gasteiger partial charge on any atom is -0.497 e. The Morgan fingerprint density at radius 2 is 2.20 bits per heavy atom. The van der Waals surface area contributed by atoms with Crippen molar-refractivity contribution in [2.45, 2.75) is 25.0 Å². The quantitative estimate of drug-likeness (QED) is 0.868. The maximum atomic E-state index is 9.49. The minimum atomic E-state index is -0.336. The summed E-state index contributed by atoms with van der Waals surface area (Å²) in [5.41, 5.74) is 1.09. The van der Waals surface area contributed by atoms with Gasteiger partial charge in [0, 0.05) is 13.0 Å². The Kier molecular flexibility index (Phi) is 3.66. The lowest BCUT2D eigenvalue weighted by atomic mass is 10.1. The molecule has 1 aromatic carbocycles. The zero-order valence-electron chi connectivity index (χ0n) is 11.2. The Balaban J connectivity index is 1.67. The standard InChI is InChI=1S/C14H17N3O3/c1-19-11-4-2-9(3-5-11)6-13-16-14(20-17-13)12-7-10(18)8-15-12/h2-5,10,12,15,18H,6-8H2,1H3/t10?,12-/m0/s1. The van der Waals surface area contributed by atoms with Crippen molar-refractivity contribution < 1.29 is 14.4 Å². The number of hydrogen-bond acceptors (Lipinski definition) is 6. The van der Waals surface area contributed by atoms with Crippen LogP contribution in [0.15, 0.2) is 28.8 Å². The van der Waals surface area contributed by atoms with Crippen LogP contribution in [0.2, 0.25) is 0 Å². The molecule has 1 aliphatic rings. The van der Waals surface area contributed by atoms with Crippen molar-refractivity contribution in [3.63, 3.8) is 0 Å². The molecule has 6 heteroatoms. The molecular weight excluding hydrogens is 258 g/mol. The lowest BCUT2D eigenvalue weighted by Gasteiger charge is -2.02. The summed E-state index contributed by atoms with van der Waals surface area (Å²) in [4.78, 5) is 4.38. The average Bonchev–Trinajstić information content (AvgIpc) is 3.09. The van der Waals surface area contributed by atoms with E-state index in [0.717, 1.165) is 11.3 Å². The highest BCUT2D eigenvalue weighted by Gasteiger charge is 2.27. The molecule has 20 heavy (non-hydrogen) atoms. The van der Waals surface area contributed by atoms with Crippen LogP contribution in [0.1, 0.15) is 29.7 Å². The highest BCUT2D eigenvalue weighted by Crippen LogP contribution is 2.22. The predicted molar refractivity (Wildman–Crippen MR) is 71.5 cm³/mol. The van der Waals surface area contributed by atoms with Gasteiger partial charge in [0.2, 0.25) is 5.89 Å². The lowest BCUT2D eigenvalue weighted by Crippen LogP contribution is -2.15. The SMILES string of the molecule is COc1ccc(Cc2noc([C@@H]3CC(O)CN3)n2)cc1. The second-order valence-electron chi connectivity index (χ2n) is 4.92. The zero-order valence-corrected chi connectivity index (χ0v) is 11.2. The number of benzene rings is 1. The van der Waals surface area contributed by atoms with Crippen LogP contribution in [0.25, 0.3) is 0 Å². The van der Waals surface area contributed by atoms with Gasteiger partial charge in [-0.15, -0.1) is 0 Å². The third-order valence-corrected chi connectivity index (χ3v) is 3.41. The van der Waals surface area contributed by atoms with Crippen molar-refractivity contribution in [1.29, 1.82) is 0 Å². The molecule has 2 aromatic rings. The summed E-state index contributed by atoms with van der Waals surface area (Å²) in [6, 6.07) is 7.73. The molecule has 1 unspecified atom stereocenters. The number of nitrogens with one attached hydrogen (secondary N) is 1. The lowest BCUT2D eigenvalue weighted by molar-refractivity contribution is 0.191. The summed E-state index contributed by atoms with van der Waals surface area (Å²) < 4.78 is 10.4. The van der Waals surface area contributed by atoms with Crippen molar-refractivity contribution in [3.05, 3.63) is 41.5 Å². The second kappa shape index (κ2) is 5.60. The molecule has 1 saturated heterocycles. The number of β-amino-alcohol motifs (C(OH)–C–C–N with tert-alkyl or cyclic N) is 1. The second-order valence-corrected chi connectivity index (χ2v) is 4.92. The summed E-state index contributed by atoms with van der Waals surface area (Å²) in [6.07, 6.45) is 0.893. The van der Waals surface area contributed by atoms with Crippen LogP contribution < -0.4 is 10.1 Å². The highest BCUT2D eigenvalue weighted by atomic mass is 16.5. The highest BCUT2D eigenvalue weighted by molar-refractivity contribution is 5.28. The third-order valence-electron chi connectivity index (χ3n) is 3.41. The molecule has 3 rings (SSSR count). The smallest absolute Gasteiger partial charge is 0.243 e. The number of aromatic nitrogens is 2. The fraction of sp³-hybridized carbons (Fsp3) is 0.429. The van der Waals surface area contributed by atoms with Gasteiger partial charge >= 0.3 is 0 Å². The molecule has 1 fully saturated rings. The van der Waals surface area contributed by atoms with Crippen LogP contribution in [0.4, 0.5) is 0 Å². The fourth-order valence-corrected chi connectivity index (χ4v) is 2.31. The summed E-state index contributed by atoms with van der Waals surface area (Å²) >= 11 is 0. The van der Waals surface area contributed by atoms with Crippen LogP contribution in [0.5, 0.6) is 5.75 Å². The van der Waals surface area contributed by atoms with Crippen molar-refractivity contribution in [2.75, 3.05) is 13.7 Å². The van der Waals surface area contributed by atoms with E-state index in [4.69, 9.17) is 9.26 Å². The zero-order chi connectivity index (χ0) is 13.9. The van der Waals surface area contributed by atoms with Crippen LogP contribution in [-0.2, 0) is 6.42 Å². The van der Waals surface area contributed by atoms with Gasteiger partial charge in [0.25, 0.3) is 0 Å². The molecule has 0 amide bonds. The Morgan fingerprint density at radius 1 is 1.40 bits per heavy atom. The van der Waals surface area contributed by atoms with Crippen LogP contribution in [0, 0.1) is 0 Å². The number of aliphatic hydroxyl groups is 1. The Labute approximate surface area is 116 Å². The number of nitrogens with zero attached hydrogens (tertiary/aromatic N) is 2. The van der Waals surface area contributed by atoms with E-state index in [9.17, 15) is 5.11 Å². The molecular formula is C14H17N3O3. The van der Waals surface area contributed by atoms with E-state index < -0.39 is 0 Å². The maximum Gasteiger partial charge on any atom is 0.243 e. The number of hydrogen-bond donors (Lipinski definition) is 2. The summed E-state index contributed by atoms with van der Waals surface area (Å²) in [5, 5.41) is 16.6. The van der Waals surface area contributed by atoms with E-state index in [1.165, 1.54) is 0 Å². The first-order valence-corrected chi connectivity index (χ1v) is 6.61. The molecule has 0 saturated carbocycles. The largest absolute Gasteiger partial charge is 0.497 e. The Morgan fingerprint density at radius 3 is 2.85 bits per heavy atom. The van der Waals surface area contributed by atoms with Gasteiger partial charge in [-0.05, 0) is 24.1 Å². The normalized spacial score (nSPS) is 22.1. The molecule has 1 aliphatic heterocycles. The van der Waals surface area contributed by atoms with Gasteiger partial charge in [0.1, 0.15) is 5.75 Å². The van der Waals surface area contributed by atoms with Crippen molar-refractivity contribution in [3.8, 4) is 5.75 Å². The van der Waals surface area contributed by atoms with Gasteiger partial charge in [-0.25, -0.2) is 0 Å². The number of rotatable bonds is 4. The molecule has 2 heterocycles. The average molecular weight is 275 g/mol. The van der Waals surface area contributed by atoms with Crippen LogP contribution in [-0.4, -0.2) is 35.0 Å². The summed E-state index contributed by atoms with van der Waals surface area (Å²) in [6.45, 7) is 0.570. The topological polar surface area (TPSA) is 80.4 Å². The molecule has 0 aliphatic carbocycles. The van der Waals surface area contributed by atoms with Gasteiger partial charge in [0.15, 0.2) is 5.82 Å². The van der Waals surface area contributed by atoms with Gasteiger partial charge in [0.05, 0.1) is 19.3 Å². The molecule has 0 radical (unpaired) electrons. The Hall–Kier alpha value is -1.92. The van der Waals surface area contributed by atoms with Gasteiger partial charge in [-0.2, -0.15) is 4.98 Å². The number of aliphatic hydroxyl groups excluding tert-OH is 1. The van der Waals surface area contributed by atoms with Crippen LogP contribution >= 0.6 is 0 Å². The summed E-state index contributed by atoms with van der Waals surface area (Å²) in [5.74, 6) is 2.02. The first kappa shape index (κ1) is 13.1. The van der Waals surface area contributed by atoms with E-state index in [-0.39, 0.29) is 12.1 Å². The van der Waals surface area contributed by atoms with Gasteiger partial charge < -0.3 is 19.7 Å². The van der Waals surface area contributed by atoms with Crippen molar-refractivity contribution in [1.82, 2.24) is 15.5 Å². The molecule has 106 valence electrons. The number of methoxy groups -OCH3 is 1. The van der Waals surface area contributed by atoms with Gasteiger partial charge in [-0.3, -0.25) is 0 Å². The van der Waals surface area contributed by atoms with Gasteiger partial charge in [-0.1, -0.05) is 17.3 Å².